The predicted octanol–water partition coefficient (Wildman–Crippen LogP) is 5.75. The molecule has 1 nitrogen and oxygen atoms in total. The Bertz CT molecular complexity index is 141. The smallest absolute Gasteiger partial charge is 0.0718 e. The molecule has 16 heavy (non-hydrogen) atoms. The standard InChI is InChI=1S/C14H30OP/c1-3-5-7-9-11-13-16(15)14-12-10-8-6-4-2/h3-14H2,1-2H3. The maximum Gasteiger partial charge on any atom is 0.0718 e. The van der Waals surface area contributed by atoms with E-state index in [1.165, 1.54) is 64.2 Å². The minimum Gasteiger partial charge on any atom is -0.287 e. The molecule has 0 spiro atoms. The van der Waals surface area contributed by atoms with Gasteiger partial charge in [-0.05, 0) is 12.8 Å². The molecule has 0 fully saturated rings. The largest absolute Gasteiger partial charge is 0.287 e. The van der Waals surface area contributed by atoms with Gasteiger partial charge in [-0.1, -0.05) is 65.2 Å². The van der Waals surface area contributed by atoms with E-state index in [2.05, 4.69) is 13.8 Å². The van der Waals surface area contributed by atoms with Crippen molar-refractivity contribution in [2.75, 3.05) is 12.3 Å². The van der Waals surface area contributed by atoms with Crippen molar-refractivity contribution in [3.63, 3.8) is 0 Å². The molecule has 0 saturated heterocycles. The van der Waals surface area contributed by atoms with Gasteiger partial charge in [0.05, 0.1) is 7.80 Å². The van der Waals surface area contributed by atoms with Crippen LogP contribution in [0, 0.1) is 0 Å². The van der Waals surface area contributed by atoms with Gasteiger partial charge in [0.2, 0.25) is 0 Å². The van der Waals surface area contributed by atoms with Crippen molar-refractivity contribution in [3.05, 3.63) is 0 Å². The van der Waals surface area contributed by atoms with Crippen LogP contribution in [0.2, 0.25) is 0 Å². The van der Waals surface area contributed by atoms with E-state index in [0.29, 0.717) is 0 Å². The van der Waals surface area contributed by atoms with Crippen molar-refractivity contribution >= 4 is 7.80 Å². The third-order valence-corrected chi connectivity index (χ3v) is 4.65. The van der Waals surface area contributed by atoms with Gasteiger partial charge < -0.3 is 0 Å². The Morgan fingerprint density at radius 1 is 0.625 bits per heavy atom. The second-order valence-electron chi connectivity index (χ2n) is 4.76. The molecule has 0 aromatic rings. The van der Waals surface area contributed by atoms with Crippen LogP contribution in [0.3, 0.4) is 0 Å². The van der Waals surface area contributed by atoms with Crippen LogP contribution >= 0.6 is 7.80 Å². The topological polar surface area (TPSA) is 17.1 Å². The van der Waals surface area contributed by atoms with Crippen LogP contribution < -0.4 is 0 Å². The highest BCUT2D eigenvalue weighted by atomic mass is 31.1. The highest BCUT2D eigenvalue weighted by molar-refractivity contribution is 7.44. The van der Waals surface area contributed by atoms with Crippen molar-refractivity contribution in [2.24, 2.45) is 0 Å². The first-order chi connectivity index (χ1) is 7.81. The molecular weight excluding hydrogens is 215 g/mol. The second-order valence-corrected chi connectivity index (χ2v) is 6.62. The van der Waals surface area contributed by atoms with E-state index in [0.717, 1.165) is 12.3 Å². The Morgan fingerprint density at radius 2 is 1.00 bits per heavy atom. The zero-order valence-corrected chi connectivity index (χ0v) is 12.2. The van der Waals surface area contributed by atoms with E-state index in [9.17, 15) is 4.57 Å². The maximum absolute atomic E-state index is 11.7. The van der Waals surface area contributed by atoms with Gasteiger partial charge in [0.25, 0.3) is 0 Å². The van der Waals surface area contributed by atoms with Gasteiger partial charge in [-0.25, -0.2) is 0 Å². The lowest BCUT2D eigenvalue weighted by atomic mass is 10.2. The molecule has 0 atom stereocenters. The van der Waals surface area contributed by atoms with Crippen LogP contribution in [0.15, 0.2) is 0 Å². The summed E-state index contributed by atoms with van der Waals surface area (Å²) in [6.45, 7) is 4.47. The first kappa shape index (κ1) is 16.1. The molecule has 0 amide bonds. The van der Waals surface area contributed by atoms with Crippen LogP contribution in [0.4, 0.5) is 0 Å². The first-order valence-electron chi connectivity index (χ1n) is 7.23. The number of unbranched alkanes of at least 4 members (excludes halogenated alkanes) is 8. The fourth-order valence-electron chi connectivity index (χ4n) is 1.90. The van der Waals surface area contributed by atoms with Crippen LogP contribution in [0.1, 0.15) is 78.1 Å². The second kappa shape index (κ2) is 13.2. The summed E-state index contributed by atoms with van der Waals surface area (Å²) < 4.78 is 11.7. The number of hydrogen-bond acceptors (Lipinski definition) is 1. The Hall–Kier alpha value is 0.100. The molecule has 0 unspecified atom stereocenters. The Morgan fingerprint density at radius 3 is 1.38 bits per heavy atom. The van der Waals surface area contributed by atoms with Gasteiger partial charge in [-0.3, -0.25) is 4.57 Å². The average Bonchev–Trinajstić information content (AvgIpc) is 2.28. The molecule has 0 aromatic carbocycles. The van der Waals surface area contributed by atoms with Crippen LogP contribution in [0.25, 0.3) is 0 Å². The number of hydrogen-bond donors (Lipinski definition) is 0. The van der Waals surface area contributed by atoms with E-state index in [1.807, 2.05) is 0 Å². The summed E-state index contributed by atoms with van der Waals surface area (Å²) >= 11 is 0. The minimum absolute atomic E-state index is 0.872. The third-order valence-electron chi connectivity index (χ3n) is 3.02. The molecule has 2 heteroatoms. The van der Waals surface area contributed by atoms with E-state index in [-0.39, 0.29) is 0 Å². The molecule has 0 aliphatic carbocycles. The monoisotopic (exact) mass is 245 g/mol. The normalized spacial score (nSPS) is 10.6. The van der Waals surface area contributed by atoms with Gasteiger partial charge in [0.1, 0.15) is 0 Å². The SMILES string of the molecule is CCCCCCC[P](=O)CCCCCCC. The fourth-order valence-corrected chi connectivity index (χ4v) is 3.27. The summed E-state index contributed by atoms with van der Waals surface area (Å²) in [4.78, 5) is 0. The van der Waals surface area contributed by atoms with Gasteiger partial charge in [-0.2, -0.15) is 0 Å². The molecule has 0 heterocycles. The molecule has 0 N–H and O–H groups in total. The van der Waals surface area contributed by atoms with Gasteiger partial charge in [0, 0.05) is 12.3 Å². The lowest BCUT2D eigenvalue weighted by Gasteiger charge is -2.02. The van der Waals surface area contributed by atoms with E-state index < -0.39 is 7.80 Å². The minimum atomic E-state index is -0.872. The Balaban J connectivity index is 3.12. The van der Waals surface area contributed by atoms with E-state index in [1.54, 1.807) is 0 Å². The lowest BCUT2D eigenvalue weighted by Crippen LogP contribution is -1.86. The van der Waals surface area contributed by atoms with Crippen molar-refractivity contribution in [1.82, 2.24) is 0 Å². The summed E-state index contributed by atoms with van der Waals surface area (Å²) in [5.74, 6) is 0. The Labute approximate surface area is 103 Å². The molecular formula is C14H30OP. The predicted molar refractivity (Wildman–Crippen MR) is 74.9 cm³/mol. The summed E-state index contributed by atoms with van der Waals surface area (Å²) in [5, 5.41) is 0. The molecule has 1 radical (unpaired) electrons. The summed E-state index contributed by atoms with van der Waals surface area (Å²) in [7, 11) is -0.872. The maximum atomic E-state index is 11.7. The van der Waals surface area contributed by atoms with Crippen LogP contribution in [-0.2, 0) is 4.57 Å². The molecule has 0 aromatic heterocycles. The number of rotatable bonds is 12. The average molecular weight is 245 g/mol. The third kappa shape index (κ3) is 12.2. The Kier molecular flexibility index (Phi) is 13.2. The van der Waals surface area contributed by atoms with Crippen molar-refractivity contribution in [1.29, 1.82) is 0 Å². The van der Waals surface area contributed by atoms with E-state index >= 15 is 0 Å². The molecule has 0 rings (SSSR count). The van der Waals surface area contributed by atoms with Crippen LogP contribution in [-0.4, -0.2) is 12.3 Å². The van der Waals surface area contributed by atoms with Crippen molar-refractivity contribution in [3.8, 4) is 0 Å². The molecule has 97 valence electrons. The zero-order valence-electron chi connectivity index (χ0n) is 11.3. The molecule has 0 aliphatic heterocycles. The quantitative estimate of drug-likeness (QED) is 0.316. The van der Waals surface area contributed by atoms with Gasteiger partial charge in [0.15, 0.2) is 0 Å². The fraction of sp³-hybridized carbons (Fsp3) is 1.00. The molecule has 0 saturated carbocycles. The summed E-state index contributed by atoms with van der Waals surface area (Å²) in [6.07, 6.45) is 14.8. The highest BCUT2D eigenvalue weighted by Gasteiger charge is 2.00. The van der Waals surface area contributed by atoms with Gasteiger partial charge >= 0.3 is 0 Å². The van der Waals surface area contributed by atoms with E-state index in [4.69, 9.17) is 0 Å². The molecule has 0 aliphatic rings. The zero-order chi connectivity index (χ0) is 12.1. The summed E-state index contributed by atoms with van der Waals surface area (Å²) in [6, 6.07) is 0. The highest BCUT2D eigenvalue weighted by Crippen LogP contribution is 2.25. The lowest BCUT2D eigenvalue weighted by molar-refractivity contribution is 0.577. The van der Waals surface area contributed by atoms with Crippen molar-refractivity contribution in [2.45, 2.75) is 78.1 Å². The van der Waals surface area contributed by atoms with Crippen LogP contribution in [0.5, 0.6) is 0 Å². The first-order valence-corrected chi connectivity index (χ1v) is 8.86. The van der Waals surface area contributed by atoms with Crippen molar-refractivity contribution < 1.29 is 4.57 Å². The summed E-state index contributed by atoms with van der Waals surface area (Å²) in [5.41, 5.74) is 0. The molecule has 0 bridgehead atoms. The van der Waals surface area contributed by atoms with Gasteiger partial charge in [-0.15, -0.1) is 0 Å².